The van der Waals surface area contributed by atoms with Crippen molar-refractivity contribution in [1.82, 2.24) is 10.6 Å². The predicted octanol–water partition coefficient (Wildman–Crippen LogP) is 4.33. The Balaban J connectivity index is 0.00000280. The number of aliphatic imine (C=N–C) groups is 1. The van der Waals surface area contributed by atoms with Crippen LogP contribution in [0.15, 0.2) is 53.5 Å². The fraction of sp³-hybridized carbons (Fsp3) is 0.435. The quantitative estimate of drug-likeness (QED) is 0.370. The molecule has 5 heteroatoms. The molecule has 28 heavy (non-hydrogen) atoms. The number of guanidine groups is 1. The van der Waals surface area contributed by atoms with Gasteiger partial charge >= 0.3 is 0 Å². The number of hydrogen-bond donors (Lipinski definition) is 2. The first-order valence-corrected chi connectivity index (χ1v) is 9.77. The zero-order valence-corrected chi connectivity index (χ0v) is 19.5. The molecule has 0 spiro atoms. The largest absolute Gasteiger partial charge is 0.381 e. The first-order chi connectivity index (χ1) is 13.1. The van der Waals surface area contributed by atoms with Gasteiger partial charge in [0.15, 0.2) is 5.96 Å². The van der Waals surface area contributed by atoms with Crippen LogP contribution in [0.4, 0.5) is 0 Å². The molecule has 0 atom stereocenters. The molecular weight excluding hydrogens is 461 g/mol. The van der Waals surface area contributed by atoms with Gasteiger partial charge in [0.1, 0.15) is 0 Å². The summed E-state index contributed by atoms with van der Waals surface area (Å²) in [6, 6.07) is 17.2. The highest BCUT2D eigenvalue weighted by molar-refractivity contribution is 14.0. The highest BCUT2D eigenvalue weighted by atomic mass is 127. The van der Waals surface area contributed by atoms with Crippen LogP contribution in [-0.4, -0.2) is 32.8 Å². The molecule has 1 aliphatic rings. The summed E-state index contributed by atoms with van der Waals surface area (Å²) in [7, 11) is 1.83. The third-order valence-electron chi connectivity index (χ3n) is 5.69. The van der Waals surface area contributed by atoms with Crippen LogP contribution >= 0.6 is 24.0 Å². The van der Waals surface area contributed by atoms with Crippen LogP contribution in [0.1, 0.15) is 35.1 Å². The lowest BCUT2D eigenvalue weighted by Crippen LogP contribution is -2.48. The Kier molecular flexibility index (Phi) is 8.76. The number of ether oxygens (including phenoxy) is 1. The van der Waals surface area contributed by atoms with Gasteiger partial charge in [-0.1, -0.05) is 48.5 Å². The van der Waals surface area contributed by atoms with Gasteiger partial charge < -0.3 is 15.4 Å². The molecule has 0 unspecified atom stereocenters. The fourth-order valence-electron chi connectivity index (χ4n) is 3.93. The monoisotopic (exact) mass is 493 g/mol. The molecule has 1 saturated heterocycles. The molecule has 0 saturated carbocycles. The van der Waals surface area contributed by atoms with E-state index in [0.29, 0.717) is 0 Å². The van der Waals surface area contributed by atoms with Crippen molar-refractivity contribution in [2.45, 2.75) is 38.6 Å². The maximum Gasteiger partial charge on any atom is 0.191 e. The first kappa shape index (κ1) is 22.7. The van der Waals surface area contributed by atoms with Gasteiger partial charge in [-0.3, -0.25) is 4.99 Å². The van der Waals surface area contributed by atoms with Gasteiger partial charge in [0, 0.05) is 38.8 Å². The van der Waals surface area contributed by atoms with Gasteiger partial charge in [0.25, 0.3) is 0 Å². The maximum atomic E-state index is 5.66. The van der Waals surface area contributed by atoms with E-state index in [1.54, 1.807) is 0 Å². The van der Waals surface area contributed by atoms with Crippen molar-refractivity contribution in [3.05, 3.63) is 70.8 Å². The molecule has 0 radical (unpaired) electrons. The second-order valence-electron chi connectivity index (χ2n) is 7.41. The van der Waals surface area contributed by atoms with Crippen molar-refractivity contribution >= 4 is 29.9 Å². The van der Waals surface area contributed by atoms with Crippen LogP contribution in [0.5, 0.6) is 0 Å². The van der Waals surface area contributed by atoms with Crippen LogP contribution in [0.2, 0.25) is 0 Å². The summed E-state index contributed by atoms with van der Waals surface area (Å²) in [5.74, 6) is 0.845. The molecule has 4 nitrogen and oxygen atoms in total. The van der Waals surface area contributed by atoms with Crippen LogP contribution in [0.25, 0.3) is 0 Å². The SMILES string of the molecule is CN=C(NCc1ccccc1C)NCC1(c2ccccc2C)CCOCC1.I. The standard InChI is InChI=1S/C23H31N3O.HI/c1-18-8-4-6-10-20(18)16-25-22(24-3)26-17-23(12-14-27-15-13-23)21-11-7-5-9-19(21)2;/h4-11H,12-17H2,1-3H3,(H2,24,25,26);1H. The molecule has 2 N–H and O–H groups in total. The lowest BCUT2D eigenvalue weighted by Gasteiger charge is -2.39. The second-order valence-corrected chi connectivity index (χ2v) is 7.41. The van der Waals surface area contributed by atoms with E-state index in [1.165, 1.54) is 22.3 Å². The molecule has 2 aromatic carbocycles. The summed E-state index contributed by atoms with van der Waals surface area (Å²) in [4.78, 5) is 4.43. The van der Waals surface area contributed by atoms with Crippen molar-refractivity contribution in [2.75, 3.05) is 26.8 Å². The van der Waals surface area contributed by atoms with E-state index >= 15 is 0 Å². The van der Waals surface area contributed by atoms with E-state index in [0.717, 1.165) is 45.1 Å². The minimum atomic E-state index is 0. The maximum absolute atomic E-state index is 5.66. The van der Waals surface area contributed by atoms with Gasteiger partial charge in [-0.2, -0.15) is 0 Å². The molecule has 152 valence electrons. The average Bonchev–Trinajstić information content (AvgIpc) is 2.70. The Hall–Kier alpha value is -1.60. The lowest BCUT2D eigenvalue weighted by atomic mass is 9.72. The molecule has 2 aromatic rings. The summed E-state index contributed by atoms with van der Waals surface area (Å²) >= 11 is 0. The number of benzene rings is 2. The Bertz CT molecular complexity index is 785. The minimum absolute atomic E-state index is 0. The molecule has 1 fully saturated rings. The summed E-state index contributed by atoms with van der Waals surface area (Å²) in [6.07, 6.45) is 2.05. The van der Waals surface area contributed by atoms with Crippen LogP contribution in [0.3, 0.4) is 0 Å². The first-order valence-electron chi connectivity index (χ1n) is 9.77. The van der Waals surface area contributed by atoms with Crippen molar-refractivity contribution in [2.24, 2.45) is 4.99 Å². The second kappa shape index (κ2) is 10.8. The number of halogens is 1. The lowest BCUT2D eigenvalue weighted by molar-refractivity contribution is 0.0512. The third-order valence-corrected chi connectivity index (χ3v) is 5.69. The molecule has 1 aliphatic heterocycles. The summed E-state index contributed by atoms with van der Waals surface area (Å²) in [5, 5.41) is 7.04. The Labute approximate surface area is 186 Å². The van der Waals surface area contributed by atoms with E-state index in [9.17, 15) is 0 Å². The Morgan fingerprint density at radius 3 is 2.25 bits per heavy atom. The smallest absolute Gasteiger partial charge is 0.191 e. The van der Waals surface area contributed by atoms with Crippen molar-refractivity contribution in [3.63, 3.8) is 0 Å². The number of hydrogen-bond acceptors (Lipinski definition) is 2. The van der Waals surface area contributed by atoms with E-state index < -0.39 is 0 Å². The fourth-order valence-corrected chi connectivity index (χ4v) is 3.93. The number of nitrogens with one attached hydrogen (secondary N) is 2. The number of nitrogens with zero attached hydrogens (tertiary/aromatic N) is 1. The minimum Gasteiger partial charge on any atom is -0.381 e. The van der Waals surface area contributed by atoms with Crippen LogP contribution < -0.4 is 10.6 Å². The van der Waals surface area contributed by atoms with Gasteiger partial charge in [-0.05, 0) is 48.9 Å². The molecule has 0 bridgehead atoms. The third kappa shape index (κ3) is 5.47. The van der Waals surface area contributed by atoms with Gasteiger partial charge in [0.05, 0.1) is 0 Å². The normalized spacial score (nSPS) is 16.2. The highest BCUT2D eigenvalue weighted by Gasteiger charge is 2.35. The van der Waals surface area contributed by atoms with Crippen molar-refractivity contribution in [1.29, 1.82) is 0 Å². The van der Waals surface area contributed by atoms with Crippen LogP contribution in [-0.2, 0) is 16.7 Å². The molecule has 0 aliphatic carbocycles. The van der Waals surface area contributed by atoms with Crippen molar-refractivity contribution in [3.8, 4) is 0 Å². The number of rotatable bonds is 5. The zero-order valence-electron chi connectivity index (χ0n) is 17.1. The highest BCUT2D eigenvalue weighted by Crippen LogP contribution is 2.36. The topological polar surface area (TPSA) is 45.7 Å². The summed E-state index contributed by atoms with van der Waals surface area (Å²) < 4.78 is 5.66. The summed E-state index contributed by atoms with van der Waals surface area (Å²) in [5.41, 5.74) is 5.45. The number of aryl methyl sites for hydroxylation is 2. The van der Waals surface area contributed by atoms with E-state index in [2.05, 4.69) is 78.0 Å². The van der Waals surface area contributed by atoms with Gasteiger partial charge in [-0.15, -0.1) is 24.0 Å². The molecule has 3 rings (SSSR count). The Morgan fingerprint density at radius 2 is 1.61 bits per heavy atom. The predicted molar refractivity (Wildman–Crippen MR) is 128 cm³/mol. The zero-order chi connectivity index (χ0) is 19.1. The van der Waals surface area contributed by atoms with E-state index in [-0.39, 0.29) is 29.4 Å². The van der Waals surface area contributed by atoms with Crippen molar-refractivity contribution < 1.29 is 4.74 Å². The van der Waals surface area contributed by atoms with Gasteiger partial charge in [-0.25, -0.2) is 0 Å². The van der Waals surface area contributed by atoms with Crippen LogP contribution in [0, 0.1) is 13.8 Å². The average molecular weight is 493 g/mol. The van der Waals surface area contributed by atoms with Gasteiger partial charge in [0.2, 0.25) is 0 Å². The molecule has 0 aromatic heterocycles. The van der Waals surface area contributed by atoms with E-state index in [1.807, 2.05) is 7.05 Å². The molecule has 1 heterocycles. The molecule has 0 amide bonds. The molecular formula is C23H32IN3O. The van der Waals surface area contributed by atoms with E-state index in [4.69, 9.17) is 4.74 Å². The summed E-state index contributed by atoms with van der Waals surface area (Å²) in [6.45, 7) is 7.60. The Morgan fingerprint density at radius 1 is 0.964 bits per heavy atom.